The minimum atomic E-state index is -3.60. The van der Waals surface area contributed by atoms with Gasteiger partial charge in [-0.25, -0.2) is 8.42 Å². The van der Waals surface area contributed by atoms with Crippen molar-refractivity contribution in [2.45, 2.75) is 83.8 Å². The molecule has 3 rings (SSSR count). The number of hydrogen-bond donors (Lipinski definition) is 5. The smallest absolute Gasteiger partial charge is 0.229 e. The maximum Gasteiger partial charge on any atom is 0.229 e. The Morgan fingerprint density at radius 3 is 2.28 bits per heavy atom. The van der Waals surface area contributed by atoms with E-state index in [4.69, 9.17) is 16.0 Å². The molecule has 0 unspecified atom stereocenters. The Morgan fingerprint density at radius 2 is 1.65 bits per heavy atom. The number of nitrogens with one attached hydrogen (secondary N) is 3. The third kappa shape index (κ3) is 11.3. The molecule has 0 saturated carbocycles. The lowest BCUT2D eigenvalue weighted by atomic mass is 9.93. The van der Waals surface area contributed by atoms with Crippen molar-refractivity contribution < 1.29 is 27.9 Å². The van der Waals surface area contributed by atoms with Crippen molar-refractivity contribution in [3.05, 3.63) is 87.9 Å². The summed E-state index contributed by atoms with van der Waals surface area (Å²) in [6.45, 7) is 15.7. The molecular formula is C34H48ClN3O6SSi. The monoisotopic (exact) mass is 689 g/mol. The molecule has 252 valence electrons. The van der Waals surface area contributed by atoms with E-state index in [0.717, 1.165) is 28.5 Å². The molecule has 0 saturated heterocycles. The zero-order valence-corrected chi connectivity index (χ0v) is 30.6. The van der Waals surface area contributed by atoms with Crippen molar-refractivity contribution >= 4 is 41.5 Å². The van der Waals surface area contributed by atoms with E-state index in [2.05, 4.69) is 63.1 Å². The Morgan fingerprint density at radius 1 is 0.978 bits per heavy atom. The first-order valence-electron chi connectivity index (χ1n) is 15.2. The van der Waals surface area contributed by atoms with Gasteiger partial charge in [0.25, 0.3) is 0 Å². The molecule has 5 N–H and O–H groups in total. The fourth-order valence-electron chi connectivity index (χ4n) is 4.71. The number of anilines is 1. The van der Waals surface area contributed by atoms with Crippen LogP contribution in [0.4, 0.5) is 5.69 Å². The second kappa shape index (κ2) is 14.8. The van der Waals surface area contributed by atoms with Crippen LogP contribution in [-0.4, -0.2) is 51.2 Å². The second-order valence-electron chi connectivity index (χ2n) is 14.0. The predicted octanol–water partition coefficient (Wildman–Crippen LogP) is 6.66. The highest BCUT2D eigenvalue weighted by atomic mass is 35.5. The van der Waals surface area contributed by atoms with Crippen LogP contribution in [0.15, 0.2) is 60.7 Å². The van der Waals surface area contributed by atoms with Gasteiger partial charge in [0, 0.05) is 23.7 Å². The summed E-state index contributed by atoms with van der Waals surface area (Å²) < 4.78 is 33.1. The Hall–Kier alpha value is -3.09. The molecule has 0 radical (unpaired) electrons. The number of carbonyl (C=O) groups is 1. The highest BCUT2D eigenvalue weighted by Crippen LogP contribution is 2.40. The normalized spacial score (nSPS) is 13.3. The molecule has 3 aromatic carbocycles. The highest BCUT2D eigenvalue weighted by Gasteiger charge is 2.40. The van der Waals surface area contributed by atoms with E-state index in [1.54, 1.807) is 18.2 Å². The zero-order chi connectivity index (χ0) is 34.5. The first kappa shape index (κ1) is 37.4. The van der Waals surface area contributed by atoms with E-state index in [1.807, 2.05) is 24.3 Å². The standard InChI is InChI=1S/C34H48ClN3O6SSi/c1-33(2,3)46(7,8)44-31(25-13-15-30(40)29(18-25)38-45(6,42)43)22-37-34(4,5)20-24-11-9-10-23(16-24)17-32(41)36-21-26-12-14-27(39)19-28(26)35/h9-16,18-19,31,37-40H,17,20-22H2,1-8H3,(H,36,41)/t31-/m0/s1. The lowest BCUT2D eigenvalue weighted by molar-refractivity contribution is -0.120. The lowest BCUT2D eigenvalue weighted by Crippen LogP contribution is -2.47. The number of amides is 1. The number of halogens is 1. The average molecular weight is 690 g/mol. The Labute approximate surface area is 279 Å². The van der Waals surface area contributed by atoms with Crippen LogP contribution >= 0.6 is 11.6 Å². The molecule has 12 heteroatoms. The predicted molar refractivity (Wildman–Crippen MR) is 188 cm³/mol. The zero-order valence-electron chi connectivity index (χ0n) is 28.0. The summed E-state index contributed by atoms with van der Waals surface area (Å²) in [5, 5.41) is 26.8. The highest BCUT2D eigenvalue weighted by molar-refractivity contribution is 7.92. The van der Waals surface area contributed by atoms with Crippen LogP contribution in [0.2, 0.25) is 23.2 Å². The van der Waals surface area contributed by atoms with Crippen LogP contribution in [0.25, 0.3) is 0 Å². The molecule has 0 spiro atoms. The SMILES string of the molecule is CC(C)(Cc1cccc(CC(=O)NCc2ccc(O)cc2Cl)c1)NC[C@H](O[Si](C)(C)C(C)(C)C)c1ccc(O)c(NS(C)(=O)=O)c1. The number of benzene rings is 3. The third-order valence-electron chi connectivity index (χ3n) is 8.21. The molecule has 46 heavy (non-hydrogen) atoms. The Bertz CT molecular complexity index is 1640. The van der Waals surface area contributed by atoms with Gasteiger partial charge in [0.1, 0.15) is 11.5 Å². The second-order valence-corrected chi connectivity index (χ2v) is 20.9. The topological polar surface area (TPSA) is 137 Å². The van der Waals surface area contributed by atoms with Crippen molar-refractivity contribution in [2.24, 2.45) is 0 Å². The molecule has 1 amide bonds. The summed E-state index contributed by atoms with van der Waals surface area (Å²) in [7, 11) is -5.85. The van der Waals surface area contributed by atoms with Gasteiger partial charge in [-0.3, -0.25) is 9.52 Å². The first-order chi connectivity index (χ1) is 21.1. The van der Waals surface area contributed by atoms with Crippen molar-refractivity contribution in [1.29, 1.82) is 0 Å². The minimum absolute atomic E-state index is 0.0609. The van der Waals surface area contributed by atoms with Gasteiger partial charge in [-0.1, -0.05) is 68.8 Å². The van der Waals surface area contributed by atoms with E-state index >= 15 is 0 Å². The van der Waals surface area contributed by atoms with Gasteiger partial charge in [0.05, 0.1) is 24.5 Å². The number of phenols is 2. The molecular weight excluding hydrogens is 642 g/mol. The Balaban J connectivity index is 1.72. The van der Waals surface area contributed by atoms with Crippen molar-refractivity contribution in [1.82, 2.24) is 10.6 Å². The number of hydrogen-bond acceptors (Lipinski definition) is 7. The van der Waals surface area contributed by atoms with Gasteiger partial charge in [0.15, 0.2) is 8.32 Å². The molecule has 9 nitrogen and oxygen atoms in total. The number of rotatable bonds is 14. The summed E-state index contributed by atoms with van der Waals surface area (Å²) in [5.74, 6) is -0.224. The molecule has 1 atom stereocenters. The fourth-order valence-corrected chi connectivity index (χ4v) is 6.80. The van der Waals surface area contributed by atoms with Crippen LogP contribution in [0, 0.1) is 0 Å². The van der Waals surface area contributed by atoms with Gasteiger partial charge in [0.2, 0.25) is 15.9 Å². The van der Waals surface area contributed by atoms with Gasteiger partial charge in [-0.2, -0.15) is 0 Å². The van der Waals surface area contributed by atoms with E-state index in [1.165, 1.54) is 18.2 Å². The maximum absolute atomic E-state index is 12.7. The van der Waals surface area contributed by atoms with Gasteiger partial charge >= 0.3 is 0 Å². The van der Waals surface area contributed by atoms with Gasteiger partial charge in [-0.05, 0) is 84.9 Å². The van der Waals surface area contributed by atoms with Crippen molar-refractivity contribution in [2.75, 3.05) is 17.5 Å². The van der Waals surface area contributed by atoms with Crippen molar-refractivity contribution in [3.8, 4) is 11.5 Å². The maximum atomic E-state index is 12.7. The lowest BCUT2D eigenvalue weighted by Gasteiger charge is -2.40. The van der Waals surface area contributed by atoms with Crippen LogP contribution in [0.1, 0.15) is 63.0 Å². The summed E-state index contributed by atoms with van der Waals surface area (Å²) >= 11 is 6.16. The molecule has 0 fully saturated rings. The van der Waals surface area contributed by atoms with E-state index in [9.17, 15) is 23.4 Å². The third-order valence-corrected chi connectivity index (χ3v) is 13.6. The number of carbonyl (C=O) groups excluding carboxylic acids is 1. The van der Waals surface area contributed by atoms with E-state index in [0.29, 0.717) is 18.0 Å². The summed E-state index contributed by atoms with van der Waals surface area (Å²) in [4.78, 5) is 12.7. The van der Waals surface area contributed by atoms with Crippen molar-refractivity contribution in [3.63, 3.8) is 0 Å². The quantitative estimate of drug-likeness (QED) is 0.0944. The average Bonchev–Trinajstić information content (AvgIpc) is 2.90. The first-order valence-corrected chi connectivity index (χ1v) is 20.4. The number of phenolic OH excluding ortho intramolecular Hbond substituents is 2. The van der Waals surface area contributed by atoms with Crippen LogP contribution in [0.3, 0.4) is 0 Å². The number of aromatic hydroxyl groups is 2. The molecule has 0 aliphatic carbocycles. The minimum Gasteiger partial charge on any atom is -0.508 e. The summed E-state index contributed by atoms with van der Waals surface area (Å²) in [6.07, 6.45) is 1.53. The van der Waals surface area contributed by atoms with Gasteiger partial charge in [-0.15, -0.1) is 0 Å². The molecule has 0 heterocycles. The largest absolute Gasteiger partial charge is 0.508 e. The Kier molecular flexibility index (Phi) is 12.0. The van der Waals surface area contributed by atoms with Crippen LogP contribution in [0.5, 0.6) is 11.5 Å². The van der Waals surface area contributed by atoms with Crippen LogP contribution < -0.4 is 15.4 Å². The molecule has 0 aliphatic rings. The summed E-state index contributed by atoms with van der Waals surface area (Å²) in [6, 6.07) is 17.5. The van der Waals surface area contributed by atoms with E-state index < -0.39 is 24.4 Å². The van der Waals surface area contributed by atoms with E-state index in [-0.39, 0.29) is 46.6 Å². The molecule has 3 aromatic rings. The molecule has 0 aromatic heterocycles. The van der Waals surface area contributed by atoms with Crippen LogP contribution in [-0.2, 0) is 38.6 Å². The fraction of sp³-hybridized carbons (Fsp3) is 0.441. The number of sulfonamides is 1. The van der Waals surface area contributed by atoms with Gasteiger partial charge < -0.3 is 25.3 Å². The molecule has 0 aliphatic heterocycles. The summed E-state index contributed by atoms with van der Waals surface area (Å²) in [5.41, 5.74) is 3.16. The molecule has 0 bridgehead atoms.